The second-order valence-corrected chi connectivity index (χ2v) is 9.10. The van der Waals surface area contributed by atoms with Crippen LogP contribution in [0.1, 0.15) is 24.5 Å². The highest BCUT2D eigenvalue weighted by Gasteiger charge is 2.31. The topological polar surface area (TPSA) is 62.0 Å². The lowest BCUT2D eigenvalue weighted by Gasteiger charge is -2.32. The lowest BCUT2D eigenvalue weighted by atomic mass is 9.81. The maximum Gasteiger partial charge on any atom is 0.209 e. The van der Waals surface area contributed by atoms with Gasteiger partial charge < -0.3 is 4.98 Å². The van der Waals surface area contributed by atoms with Crippen molar-refractivity contribution in [1.82, 2.24) is 9.71 Å². The Balaban J connectivity index is 1.89. The molecule has 0 bridgehead atoms. The molecule has 2 N–H and O–H groups in total. The number of nitrogens with one attached hydrogen (secondary N) is 2. The Kier molecular flexibility index (Phi) is 4.29. The van der Waals surface area contributed by atoms with Crippen molar-refractivity contribution in [2.24, 2.45) is 0 Å². The van der Waals surface area contributed by atoms with Crippen LogP contribution in [-0.2, 0) is 10.0 Å². The van der Waals surface area contributed by atoms with E-state index in [1.807, 2.05) is 49.5 Å². The molecule has 0 saturated carbocycles. The molecule has 1 unspecified atom stereocenters. The van der Waals surface area contributed by atoms with Gasteiger partial charge in [-0.2, -0.15) is 0 Å². The molecular formula is C22H22N2O2S. The molecule has 0 aliphatic heterocycles. The maximum atomic E-state index is 12.0. The van der Waals surface area contributed by atoms with E-state index in [9.17, 15) is 8.42 Å². The van der Waals surface area contributed by atoms with E-state index < -0.39 is 15.6 Å². The highest BCUT2D eigenvalue weighted by atomic mass is 32.2. The Morgan fingerprint density at radius 2 is 1.81 bits per heavy atom. The largest absolute Gasteiger partial charge is 0.361 e. The molecule has 2 aromatic carbocycles. The molecule has 1 atom stereocenters. The Morgan fingerprint density at radius 3 is 2.56 bits per heavy atom. The summed E-state index contributed by atoms with van der Waals surface area (Å²) in [6.45, 7) is 1.93. The Morgan fingerprint density at radius 1 is 1.04 bits per heavy atom. The van der Waals surface area contributed by atoms with E-state index in [1.54, 1.807) is 0 Å². The van der Waals surface area contributed by atoms with Crippen molar-refractivity contribution in [3.05, 3.63) is 84.1 Å². The second kappa shape index (κ2) is 6.51. The molecule has 1 aliphatic carbocycles. The van der Waals surface area contributed by atoms with Crippen LogP contribution in [0.15, 0.2) is 72.9 Å². The van der Waals surface area contributed by atoms with Crippen molar-refractivity contribution in [1.29, 1.82) is 0 Å². The Labute approximate surface area is 159 Å². The summed E-state index contributed by atoms with van der Waals surface area (Å²) < 4.78 is 26.8. The quantitative estimate of drug-likeness (QED) is 0.709. The van der Waals surface area contributed by atoms with Crippen molar-refractivity contribution in [3.63, 3.8) is 0 Å². The van der Waals surface area contributed by atoms with Gasteiger partial charge in [0.1, 0.15) is 0 Å². The van der Waals surface area contributed by atoms with E-state index in [-0.39, 0.29) is 0 Å². The second-order valence-electron chi connectivity index (χ2n) is 7.35. The van der Waals surface area contributed by atoms with Crippen molar-refractivity contribution in [2.45, 2.75) is 18.9 Å². The molecule has 0 fully saturated rings. The van der Waals surface area contributed by atoms with Gasteiger partial charge in [-0.05, 0) is 47.8 Å². The summed E-state index contributed by atoms with van der Waals surface area (Å²) >= 11 is 0. The van der Waals surface area contributed by atoms with E-state index in [4.69, 9.17) is 0 Å². The highest BCUT2D eigenvalue weighted by Crippen LogP contribution is 2.38. The summed E-state index contributed by atoms with van der Waals surface area (Å²) in [5.41, 5.74) is 4.69. The number of hydrogen-bond donors (Lipinski definition) is 2. The molecule has 5 heteroatoms. The van der Waals surface area contributed by atoms with Crippen molar-refractivity contribution in [3.8, 4) is 0 Å². The zero-order valence-corrected chi connectivity index (χ0v) is 16.2. The standard InChI is InChI=1S/C22H22N2O2S/c1-22(24-27(2,25)26)14-17(16-7-4-3-5-8-16)13-18(15-22)19-9-6-10-21-20(19)11-12-23-21/h3-13,15,23-24H,14H2,1-2H3. The van der Waals surface area contributed by atoms with Gasteiger partial charge in [-0.15, -0.1) is 0 Å². The van der Waals surface area contributed by atoms with Crippen molar-refractivity contribution >= 4 is 32.1 Å². The van der Waals surface area contributed by atoms with E-state index in [1.165, 1.54) is 6.26 Å². The lowest BCUT2D eigenvalue weighted by molar-refractivity contribution is 0.509. The first-order valence-corrected chi connectivity index (χ1v) is 10.8. The molecular weight excluding hydrogens is 356 g/mol. The molecule has 4 rings (SSSR count). The smallest absolute Gasteiger partial charge is 0.209 e. The van der Waals surface area contributed by atoms with Gasteiger partial charge in [0, 0.05) is 17.1 Å². The van der Waals surface area contributed by atoms with Gasteiger partial charge in [0.2, 0.25) is 10.0 Å². The average Bonchev–Trinajstić information content (AvgIpc) is 3.08. The molecule has 1 heterocycles. The predicted molar refractivity (Wildman–Crippen MR) is 112 cm³/mol. The minimum atomic E-state index is -3.35. The Bertz CT molecular complexity index is 1160. The number of H-pyrrole nitrogens is 1. The monoisotopic (exact) mass is 378 g/mol. The molecule has 1 aromatic heterocycles. The number of rotatable bonds is 4. The molecule has 0 saturated heterocycles. The third kappa shape index (κ3) is 3.75. The number of hydrogen-bond acceptors (Lipinski definition) is 2. The van der Waals surface area contributed by atoms with Crippen molar-refractivity contribution < 1.29 is 8.42 Å². The van der Waals surface area contributed by atoms with Crippen LogP contribution in [0.5, 0.6) is 0 Å². The van der Waals surface area contributed by atoms with Crippen LogP contribution in [0.3, 0.4) is 0 Å². The number of allylic oxidation sites excluding steroid dienone is 2. The molecule has 0 amide bonds. The van der Waals surface area contributed by atoms with Gasteiger partial charge in [-0.3, -0.25) is 0 Å². The maximum absolute atomic E-state index is 12.0. The molecule has 138 valence electrons. The fraction of sp³-hybridized carbons (Fsp3) is 0.182. The van der Waals surface area contributed by atoms with Crippen LogP contribution >= 0.6 is 0 Å². The summed E-state index contributed by atoms with van der Waals surface area (Å²) in [7, 11) is -3.35. The van der Waals surface area contributed by atoms with Gasteiger partial charge in [-0.1, -0.05) is 54.6 Å². The van der Waals surface area contributed by atoms with Gasteiger partial charge >= 0.3 is 0 Å². The SMILES string of the molecule is CC1(NS(C)(=O)=O)C=C(c2cccc3[nH]ccc23)C=C(c2ccccc2)C1. The minimum Gasteiger partial charge on any atom is -0.361 e. The van der Waals surface area contributed by atoms with Crippen LogP contribution in [-0.4, -0.2) is 25.2 Å². The summed E-state index contributed by atoms with van der Waals surface area (Å²) in [6.07, 6.45) is 7.92. The van der Waals surface area contributed by atoms with Crippen LogP contribution in [0, 0.1) is 0 Å². The third-order valence-electron chi connectivity index (χ3n) is 4.83. The zero-order valence-electron chi connectivity index (χ0n) is 15.4. The predicted octanol–water partition coefficient (Wildman–Crippen LogP) is 4.35. The minimum absolute atomic E-state index is 0.594. The summed E-state index contributed by atoms with van der Waals surface area (Å²) in [6, 6.07) is 18.3. The van der Waals surface area contributed by atoms with Gasteiger partial charge in [0.15, 0.2) is 0 Å². The molecule has 0 radical (unpaired) electrons. The lowest BCUT2D eigenvalue weighted by Crippen LogP contribution is -2.45. The molecule has 3 aromatic rings. The number of aromatic nitrogens is 1. The first-order valence-electron chi connectivity index (χ1n) is 8.87. The number of sulfonamides is 1. The van der Waals surface area contributed by atoms with E-state index in [0.29, 0.717) is 6.42 Å². The van der Waals surface area contributed by atoms with Crippen molar-refractivity contribution in [2.75, 3.05) is 6.26 Å². The highest BCUT2D eigenvalue weighted by molar-refractivity contribution is 7.88. The van der Waals surface area contributed by atoms with Gasteiger partial charge in [0.25, 0.3) is 0 Å². The van der Waals surface area contributed by atoms with Crippen LogP contribution in [0.2, 0.25) is 0 Å². The molecule has 0 spiro atoms. The zero-order chi connectivity index (χ0) is 19.1. The Hall–Kier alpha value is -2.63. The average molecular weight is 378 g/mol. The summed E-state index contributed by atoms with van der Waals surface area (Å²) in [5.74, 6) is 0. The fourth-order valence-electron chi connectivity index (χ4n) is 3.89. The number of aromatic amines is 1. The molecule has 1 aliphatic rings. The van der Waals surface area contributed by atoms with Crippen LogP contribution in [0.25, 0.3) is 22.0 Å². The summed E-state index contributed by atoms with van der Waals surface area (Å²) in [5, 5.41) is 1.12. The first-order chi connectivity index (χ1) is 12.8. The molecule has 4 nitrogen and oxygen atoms in total. The van der Waals surface area contributed by atoms with E-state index in [0.717, 1.165) is 33.2 Å². The third-order valence-corrected chi connectivity index (χ3v) is 5.67. The van der Waals surface area contributed by atoms with E-state index >= 15 is 0 Å². The normalized spacial score (nSPS) is 20.4. The van der Waals surface area contributed by atoms with Gasteiger partial charge in [-0.25, -0.2) is 13.1 Å². The first kappa shape index (κ1) is 17.8. The number of benzene rings is 2. The van der Waals surface area contributed by atoms with Gasteiger partial charge in [0.05, 0.1) is 11.8 Å². The fourth-order valence-corrected chi connectivity index (χ4v) is 4.87. The van der Waals surface area contributed by atoms with Crippen LogP contribution in [0.4, 0.5) is 0 Å². The van der Waals surface area contributed by atoms with E-state index in [2.05, 4.69) is 40.0 Å². The number of fused-ring (bicyclic) bond motifs is 1. The van der Waals surface area contributed by atoms with Crippen LogP contribution < -0.4 is 4.72 Å². The summed E-state index contributed by atoms with van der Waals surface area (Å²) in [4.78, 5) is 3.24. The molecule has 27 heavy (non-hydrogen) atoms.